The molecule has 47 heavy (non-hydrogen) atoms. The molecule has 0 radical (unpaired) electrons. The Balaban J connectivity index is 1.90. The Bertz CT molecular complexity index is 2230. The molecule has 1 N–H and O–H groups in total. The fourth-order valence-corrected chi connectivity index (χ4v) is 6.68. The minimum absolute atomic E-state index is 0.354. The summed E-state index contributed by atoms with van der Waals surface area (Å²) in [5.74, 6) is 3.02. The van der Waals surface area contributed by atoms with Gasteiger partial charge in [0.15, 0.2) is 17.2 Å². The van der Waals surface area contributed by atoms with Crippen LogP contribution in [0.15, 0.2) is 57.7 Å². The molecule has 0 aromatic heterocycles. The van der Waals surface area contributed by atoms with Crippen molar-refractivity contribution >= 4 is 21.7 Å². The van der Waals surface area contributed by atoms with Crippen molar-refractivity contribution in [3.05, 3.63) is 92.1 Å². The van der Waals surface area contributed by atoms with Crippen LogP contribution in [0.1, 0.15) is 33.4 Å². The molecule has 0 bridgehead atoms. The van der Waals surface area contributed by atoms with Crippen molar-refractivity contribution in [3.63, 3.8) is 0 Å². The number of aromatic hydroxyl groups is 1. The SMILES string of the molecule is COc1ccc(Cc2c(-c3ccc(OC)c(C)c3C)c3cc(OC)c(OC)c(OC)c3c3cc4cc(O)c(=O)cc-4oc23)c(C)c1C. The van der Waals surface area contributed by atoms with Gasteiger partial charge in [-0.05, 0) is 102 Å². The molecule has 0 saturated heterocycles. The van der Waals surface area contributed by atoms with E-state index < -0.39 is 5.43 Å². The molecule has 1 heterocycles. The molecule has 1 aliphatic heterocycles. The lowest BCUT2D eigenvalue weighted by Gasteiger charge is -2.24. The van der Waals surface area contributed by atoms with Gasteiger partial charge in [0.25, 0.3) is 0 Å². The zero-order valence-corrected chi connectivity index (χ0v) is 28.1. The number of fused-ring (bicyclic) bond motifs is 4. The molecule has 0 fully saturated rings. The molecule has 8 nitrogen and oxygen atoms in total. The van der Waals surface area contributed by atoms with Gasteiger partial charge >= 0.3 is 0 Å². The predicted octanol–water partition coefficient (Wildman–Crippen LogP) is 8.29. The first-order valence-electron chi connectivity index (χ1n) is 15.2. The minimum Gasteiger partial charge on any atom is -0.504 e. The maximum Gasteiger partial charge on any atom is 0.223 e. The minimum atomic E-state index is -0.518. The van der Waals surface area contributed by atoms with E-state index in [0.29, 0.717) is 40.6 Å². The molecule has 0 unspecified atom stereocenters. The van der Waals surface area contributed by atoms with Gasteiger partial charge in [-0.2, -0.15) is 0 Å². The molecule has 0 spiro atoms. The van der Waals surface area contributed by atoms with Crippen molar-refractivity contribution in [2.24, 2.45) is 0 Å². The molecule has 242 valence electrons. The van der Waals surface area contributed by atoms with E-state index in [0.717, 1.165) is 72.2 Å². The Kier molecular flexibility index (Phi) is 8.13. The fraction of sp³-hybridized carbons (Fsp3) is 0.256. The van der Waals surface area contributed by atoms with E-state index >= 15 is 0 Å². The van der Waals surface area contributed by atoms with E-state index in [9.17, 15) is 9.90 Å². The average molecular weight is 635 g/mol. The van der Waals surface area contributed by atoms with Gasteiger partial charge in [-0.15, -0.1) is 0 Å². The van der Waals surface area contributed by atoms with Gasteiger partial charge in [-0.25, -0.2) is 0 Å². The van der Waals surface area contributed by atoms with Gasteiger partial charge in [0, 0.05) is 34.4 Å². The largest absolute Gasteiger partial charge is 0.504 e. The highest BCUT2D eigenvalue weighted by molar-refractivity contribution is 6.19. The van der Waals surface area contributed by atoms with Crippen LogP contribution in [0, 0.1) is 27.7 Å². The summed E-state index contributed by atoms with van der Waals surface area (Å²) in [5.41, 5.74) is 8.73. The van der Waals surface area contributed by atoms with Gasteiger partial charge < -0.3 is 33.2 Å². The molecule has 0 atom stereocenters. The third kappa shape index (κ3) is 4.95. The lowest BCUT2D eigenvalue weighted by atomic mass is 9.83. The summed E-state index contributed by atoms with van der Waals surface area (Å²) < 4.78 is 35.8. The van der Waals surface area contributed by atoms with Crippen molar-refractivity contribution < 1.29 is 33.2 Å². The number of rotatable bonds is 8. The van der Waals surface area contributed by atoms with E-state index in [2.05, 4.69) is 32.9 Å². The van der Waals surface area contributed by atoms with Crippen LogP contribution in [0.5, 0.6) is 34.5 Å². The van der Waals surface area contributed by atoms with Crippen LogP contribution >= 0.6 is 0 Å². The Hall–Kier alpha value is -5.37. The maximum atomic E-state index is 12.6. The fourth-order valence-electron chi connectivity index (χ4n) is 6.68. The quantitative estimate of drug-likeness (QED) is 0.132. The van der Waals surface area contributed by atoms with Gasteiger partial charge in [0.1, 0.15) is 22.8 Å². The van der Waals surface area contributed by atoms with Crippen molar-refractivity contribution in [1.82, 2.24) is 0 Å². The lowest BCUT2D eigenvalue weighted by molar-refractivity contribution is 0.327. The Morgan fingerprint density at radius 2 is 1.30 bits per heavy atom. The molecule has 1 aliphatic carbocycles. The van der Waals surface area contributed by atoms with Crippen LogP contribution < -0.4 is 29.1 Å². The first kappa shape index (κ1) is 31.6. The highest BCUT2D eigenvalue weighted by atomic mass is 16.5. The van der Waals surface area contributed by atoms with Crippen LogP contribution in [0.25, 0.3) is 44.2 Å². The number of methoxy groups -OCH3 is 5. The summed E-state index contributed by atoms with van der Waals surface area (Å²) in [6, 6.07) is 14.8. The summed E-state index contributed by atoms with van der Waals surface area (Å²) in [4.78, 5) is 12.6. The molecule has 6 rings (SSSR count). The molecule has 0 saturated carbocycles. The van der Waals surface area contributed by atoms with Crippen LogP contribution in [-0.4, -0.2) is 40.7 Å². The second-order valence-electron chi connectivity index (χ2n) is 11.7. The molecule has 2 aliphatic rings. The second-order valence-corrected chi connectivity index (χ2v) is 11.7. The van der Waals surface area contributed by atoms with E-state index in [4.69, 9.17) is 28.1 Å². The summed E-state index contributed by atoms with van der Waals surface area (Å²) >= 11 is 0. The summed E-state index contributed by atoms with van der Waals surface area (Å²) in [7, 11) is 8.11. The smallest absolute Gasteiger partial charge is 0.223 e. The van der Waals surface area contributed by atoms with E-state index in [1.165, 1.54) is 12.1 Å². The second kappa shape index (κ2) is 12.1. The van der Waals surface area contributed by atoms with Crippen molar-refractivity contribution in [2.45, 2.75) is 34.1 Å². The maximum absolute atomic E-state index is 12.6. The highest BCUT2D eigenvalue weighted by Crippen LogP contribution is 2.52. The lowest BCUT2D eigenvalue weighted by Crippen LogP contribution is -2.05. The molecular weight excluding hydrogens is 596 g/mol. The normalized spacial score (nSPS) is 11.3. The van der Waals surface area contributed by atoms with Gasteiger partial charge in [0.2, 0.25) is 11.2 Å². The standard InChI is InChI=1S/C39H38O8/c1-19-21(3)31(42-5)12-10-23(19)14-27-35(25-11-13-32(43-6)22(4)20(25)2)26-17-34(44-7)38(45-8)39(46-9)36(26)28-15-24-16-29(40)30(41)18-33(24)47-37(27)28/h10-13,15-18,40H,14H2,1-9H3. The van der Waals surface area contributed by atoms with Crippen LogP contribution in [0.4, 0.5) is 0 Å². The first-order chi connectivity index (χ1) is 22.6. The average Bonchev–Trinajstić information content (AvgIpc) is 3.07. The molecule has 4 aromatic rings. The van der Waals surface area contributed by atoms with E-state index in [1.54, 1.807) is 35.5 Å². The van der Waals surface area contributed by atoms with E-state index in [1.807, 2.05) is 31.2 Å². The van der Waals surface area contributed by atoms with Crippen LogP contribution in [0.3, 0.4) is 0 Å². The number of hydrogen-bond acceptors (Lipinski definition) is 8. The highest BCUT2D eigenvalue weighted by Gasteiger charge is 2.28. The first-order valence-corrected chi connectivity index (χ1v) is 15.2. The summed E-state index contributed by atoms with van der Waals surface area (Å²) in [5, 5.41) is 12.7. The zero-order chi connectivity index (χ0) is 33.7. The Morgan fingerprint density at radius 3 is 1.94 bits per heavy atom. The van der Waals surface area contributed by atoms with Crippen LogP contribution in [-0.2, 0) is 6.42 Å². The molecule has 4 aromatic carbocycles. The third-order valence-electron chi connectivity index (χ3n) is 9.46. The summed E-state index contributed by atoms with van der Waals surface area (Å²) in [6.07, 6.45) is 0.497. The van der Waals surface area contributed by atoms with Crippen LogP contribution in [0.2, 0.25) is 0 Å². The van der Waals surface area contributed by atoms with Crippen molar-refractivity contribution in [1.29, 1.82) is 0 Å². The van der Waals surface area contributed by atoms with E-state index in [-0.39, 0.29) is 5.75 Å². The monoisotopic (exact) mass is 634 g/mol. The number of phenols is 1. The third-order valence-corrected chi connectivity index (χ3v) is 9.46. The zero-order valence-electron chi connectivity index (χ0n) is 28.1. The van der Waals surface area contributed by atoms with Gasteiger partial charge in [-0.1, -0.05) is 12.1 Å². The predicted molar refractivity (Wildman–Crippen MR) is 185 cm³/mol. The van der Waals surface area contributed by atoms with Gasteiger partial charge in [-0.3, -0.25) is 4.79 Å². The number of ether oxygens (including phenoxy) is 5. The van der Waals surface area contributed by atoms with Crippen molar-refractivity contribution in [2.75, 3.05) is 35.5 Å². The number of benzene rings is 5. The summed E-state index contributed by atoms with van der Waals surface area (Å²) in [6.45, 7) is 8.27. The topological polar surface area (TPSA) is 96.6 Å². The number of phenolic OH excluding ortho intramolecular Hbond substituents is 1. The Labute approximate surface area is 273 Å². The van der Waals surface area contributed by atoms with Gasteiger partial charge in [0.05, 0.1) is 35.5 Å². The Morgan fingerprint density at radius 1 is 0.660 bits per heavy atom. The molecule has 0 amide bonds. The number of hydrogen-bond donors (Lipinski definition) is 1. The molecule has 8 heteroatoms. The molecular formula is C39H38O8. The van der Waals surface area contributed by atoms with Crippen molar-refractivity contribution in [3.8, 4) is 56.9 Å².